The molecule has 0 aliphatic heterocycles. The largest absolute Gasteiger partial charge is 0.338 e. The smallest absolute Gasteiger partial charge is 0.237 e. The lowest BCUT2D eigenvalue weighted by molar-refractivity contribution is 0.391. The number of rotatable bonds is 6. The average molecular weight is 453 g/mol. The molecule has 28 heavy (non-hydrogen) atoms. The van der Waals surface area contributed by atoms with Crippen molar-refractivity contribution < 1.29 is 4.52 Å². The topological polar surface area (TPSA) is 64.7 Å². The van der Waals surface area contributed by atoms with Gasteiger partial charge in [-0.2, -0.15) is 4.98 Å². The fourth-order valence-corrected chi connectivity index (χ4v) is 3.54. The lowest BCUT2D eigenvalue weighted by Crippen LogP contribution is -1.90. The Labute approximate surface area is 175 Å². The molecule has 7 heteroatoms. The quantitative estimate of drug-likeness (QED) is 0.343. The zero-order valence-corrected chi connectivity index (χ0v) is 17.6. The molecule has 0 aliphatic carbocycles. The Morgan fingerprint density at radius 1 is 0.893 bits per heavy atom. The van der Waals surface area contributed by atoms with Crippen molar-refractivity contribution in [3.8, 4) is 22.6 Å². The maximum atomic E-state index is 5.37. The first-order chi connectivity index (χ1) is 13.7. The maximum absolute atomic E-state index is 5.37. The van der Waals surface area contributed by atoms with Gasteiger partial charge in [-0.15, -0.1) is 10.2 Å². The van der Waals surface area contributed by atoms with Crippen LogP contribution in [0.4, 0.5) is 0 Å². The van der Waals surface area contributed by atoms with Crippen molar-refractivity contribution in [2.45, 2.75) is 24.1 Å². The van der Waals surface area contributed by atoms with E-state index in [9.17, 15) is 0 Å². The number of nitrogens with zero attached hydrogens (tertiary/aromatic N) is 4. The lowest BCUT2D eigenvalue weighted by atomic mass is 10.1. The highest BCUT2D eigenvalue weighted by Gasteiger charge is 2.10. The van der Waals surface area contributed by atoms with Gasteiger partial charge in [-0.05, 0) is 36.2 Å². The van der Waals surface area contributed by atoms with Crippen molar-refractivity contribution in [2.75, 3.05) is 0 Å². The summed E-state index contributed by atoms with van der Waals surface area (Å²) in [6.07, 6.45) is 1.01. The lowest BCUT2D eigenvalue weighted by Gasteiger charge is -2.01. The van der Waals surface area contributed by atoms with Gasteiger partial charge in [0.2, 0.25) is 11.7 Å². The van der Waals surface area contributed by atoms with E-state index in [1.807, 2.05) is 48.5 Å². The van der Waals surface area contributed by atoms with Gasteiger partial charge in [0.05, 0.1) is 11.4 Å². The Morgan fingerprint density at radius 2 is 1.64 bits per heavy atom. The van der Waals surface area contributed by atoms with Gasteiger partial charge >= 0.3 is 0 Å². The van der Waals surface area contributed by atoms with Crippen LogP contribution in [0.1, 0.15) is 18.4 Å². The van der Waals surface area contributed by atoms with Gasteiger partial charge in [0.1, 0.15) is 5.03 Å². The van der Waals surface area contributed by atoms with Crippen molar-refractivity contribution in [3.05, 3.63) is 76.6 Å². The molecule has 0 fully saturated rings. The van der Waals surface area contributed by atoms with Crippen molar-refractivity contribution in [1.82, 2.24) is 20.3 Å². The molecule has 0 unspecified atom stereocenters. The normalized spacial score (nSPS) is 10.9. The first-order valence-electron chi connectivity index (χ1n) is 8.85. The molecule has 0 bridgehead atoms. The zero-order valence-electron chi connectivity index (χ0n) is 15.2. The number of hydrogen-bond donors (Lipinski definition) is 0. The molecule has 0 radical (unpaired) electrons. The zero-order chi connectivity index (χ0) is 19.3. The highest BCUT2D eigenvalue weighted by Crippen LogP contribution is 2.24. The second-order valence-electron chi connectivity index (χ2n) is 6.11. The Hall–Kier alpha value is -2.51. The summed E-state index contributed by atoms with van der Waals surface area (Å²) >= 11 is 4.95. The molecular formula is C21H17BrN4OS. The van der Waals surface area contributed by atoms with Gasteiger partial charge < -0.3 is 4.52 Å². The molecule has 2 aromatic carbocycles. The minimum Gasteiger partial charge on any atom is -0.338 e. The van der Waals surface area contributed by atoms with Gasteiger partial charge in [0, 0.05) is 15.6 Å². The Morgan fingerprint density at radius 3 is 2.32 bits per heavy atom. The Bertz CT molecular complexity index is 1050. The molecule has 2 aromatic heterocycles. The van der Waals surface area contributed by atoms with Crippen molar-refractivity contribution in [1.29, 1.82) is 0 Å². The van der Waals surface area contributed by atoms with Crippen LogP contribution in [0.15, 0.2) is 74.7 Å². The van der Waals surface area contributed by atoms with Crippen LogP contribution < -0.4 is 0 Å². The summed E-state index contributed by atoms with van der Waals surface area (Å²) in [6, 6.07) is 20.1. The van der Waals surface area contributed by atoms with E-state index in [0.717, 1.165) is 32.7 Å². The summed E-state index contributed by atoms with van der Waals surface area (Å²) in [7, 11) is 0. The van der Waals surface area contributed by atoms with Crippen LogP contribution in [0.5, 0.6) is 0 Å². The third-order valence-corrected chi connectivity index (χ3v) is 5.65. The first kappa shape index (κ1) is 18.8. The van der Waals surface area contributed by atoms with Crippen LogP contribution in [-0.4, -0.2) is 20.3 Å². The predicted molar refractivity (Wildman–Crippen MR) is 114 cm³/mol. The molecule has 4 aromatic rings. The molecule has 4 rings (SSSR count). The molecule has 0 N–H and O–H groups in total. The summed E-state index contributed by atoms with van der Waals surface area (Å²) in [5, 5.41) is 13.5. The standard InChI is InChI=1S/C21H17BrN4OS/c1-2-14-3-5-16(6-4-14)21-23-19(27-26-21)13-28-20-12-11-18(24-25-20)15-7-9-17(22)10-8-15/h3-12H,2,13H2,1H3. The van der Waals surface area contributed by atoms with Crippen LogP contribution in [0.25, 0.3) is 22.6 Å². The molecular weight excluding hydrogens is 436 g/mol. The number of benzene rings is 2. The highest BCUT2D eigenvalue weighted by molar-refractivity contribution is 9.10. The minimum atomic E-state index is 0.548. The van der Waals surface area contributed by atoms with Crippen LogP contribution >= 0.6 is 27.7 Å². The van der Waals surface area contributed by atoms with Crippen LogP contribution in [0.2, 0.25) is 0 Å². The van der Waals surface area contributed by atoms with E-state index in [-0.39, 0.29) is 0 Å². The highest BCUT2D eigenvalue weighted by atomic mass is 79.9. The summed E-state index contributed by atoms with van der Waals surface area (Å²) in [5.74, 6) is 1.72. The summed E-state index contributed by atoms with van der Waals surface area (Å²) in [6.45, 7) is 2.13. The molecule has 5 nitrogen and oxygen atoms in total. The van der Waals surface area contributed by atoms with E-state index in [1.54, 1.807) is 0 Å². The van der Waals surface area contributed by atoms with E-state index in [2.05, 4.69) is 55.3 Å². The maximum Gasteiger partial charge on any atom is 0.237 e. The summed E-state index contributed by atoms with van der Waals surface area (Å²) in [5.41, 5.74) is 4.11. The van der Waals surface area contributed by atoms with Gasteiger partial charge in [0.25, 0.3) is 0 Å². The van der Waals surface area contributed by atoms with E-state index in [0.29, 0.717) is 17.5 Å². The Kier molecular flexibility index (Phi) is 5.83. The van der Waals surface area contributed by atoms with Gasteiger partial charge in [-0.25, -0.2) is 0 Å². The second kappa shape index (κ2) is 8.67. The van der Waals surface area contributed by atoms with E-state index in [4.69, 9.17) is 4.52 Å². The number of aryl methyl sites for hydroxylation is 1. The third kappa shape index (κ3) is 4.48. The number of aromatic nitrogens is 4. The van der Waals surface area contributed by atoms with E-state index < -0.39 is 0 Å². The van der Waals surface area contributed by atoms with Crippen LogP contribution in [0.3, 0.4) is 0 Å². The molecule has 0 atom stereocenters. The molecule has 140 valence electrons. The average Bonchev–Trinajstić information content (AvgIpc) is 3.22. The number of thioether (sulfide) groups is 1. The molecule has 0 spiro atoms. The first-order valence-corrected chi connectivity index (χ1v) is 10.6. The SMILES string of the molecule is CCc1ccc(-c2noc(CSc3ccc(-c4ccc(Br)cc4)nn3)n2)cc1. The van der Waals surface area contributed by atoms with Crippen LogP contribution in [-0.2, 0) is 12.2 Å². The van der Waals surface area contributed by atoms with Crippen LogP contribution in [0, 0.1) is 0 Å². The molecule has 0 saturated heterocycles. The van der Waals surface area contributed by atoms with E-state index >= 15 is 0 Å². The fourth-order valence-electron chi connectivity index (χ4n) is 2.63. The third-order valence-electron chi connectivity index (χ3n) is 4.21. The number of halogens is 1. The fraction of sp³-hybridized carbons (Fsp3) is 0.143. The van der Waals surface area contributed by atoms with Crippen molar-refractivity contribution in [2.24, 2.45) is 0 Å². The van der Waals surface area contributed by atoms with Crippen molar-refractivity contribution in [3.63, 3.8) is 0 Å². The van der Waals surface area contributed by atoms with E-state index in [1.165, 1.54) is 17.3 Å². The minimum absolute atomic E-state index is 0.548. The molecule has 2 heterocycles. The number of hydrogen-bond acceptors (Lipinski definition) is 6. The molecule has 0 saturated carbocycles. The summed E-state index contributed by atoms with van der Waals surface area (Å²) in [4.78, 5) is 4.47. The molecule has 0 amide bonds. The monoisotopic (exact) mass is 452 g/mol. The summed E-state index contributed by atoms with van der Waals surface area (Å²) < 4.78 is 6.41. The second-order valence-corrected chi connectivity index (χ2v) is 8.03. The predicted octanol–water partition coefficient (Wildman–Crippen LogP) is 5.81. The molecule has 0 aliphatic rings. The van der Waals surface area contributed by atoms with Crippen molar-refractivity contribution >= 4 is 27.7 Å². The van der Waals surface area contributed by atoms with Gasteiger partial charge in [-0.1, -0.05) is 76.2 Å². The Balaban J connectivity index is 1.39. The van der Waals surface area contributed by atoms with Gasteiger partial charge in [0.15, 0.2) is 0 Å². The van der Waals surface area contributed by atoms with Gasteiger partial charge in [-0.3, -0.25) is 0 Å².